The molecule has 0 aromatic rings. The normalized spacial score (nSPS) is 15.3. The van der Waals surface area contributed by atoms with Gasteiger partial charge >= 0.3 is 0 Å². The van der Waals surface area contributed by atoms with Gasteiger partial charge in [0.05, 0.1) is 0 Å². The van der Waals surface area contributed by atoms with E-state index < -0.39 is 0 Å². The van der Waals surface area contributed by atoms with E-state index in [0.717, 1.165) is 12.8 Å². The summed E-state index contributed by atoms with van der Waals surface area (Å²) in [6, 6.07) is 0. The first kappa shape index (κ1) is 11.3. The topological polar surface area (TPSA) is 40.9 Å². The lowest BCUT2D eigenvalue weighted by Gasteiger charge is -2.20. The lowest BCUT2D eigenvalue weighted by molar-refractivity contribution is -0.121. The summed E-state index contributed by atoms with van der Waals surface area (Å²) in [5.41, 5.74) is 0.638. The number of hydrogen-bond donors (Lipinski definition) is 1. The standard InChI is InChI=1S/C10H19NO/c1-5-6-10(8(3)11)7(2)9(4)12/h7,10-11H,5-6H2,1-4H3. The summed E-state index contributed by atoms with van der Waals surface area (Å²) in [5.74, 6) is 0.370. The van der Waals surface area contributed by atoms with Crippen molar-refractivity contribution in [2.24, 2.45) is 11.8 Å². The van der Waals surface area contributed by atoms with E-state index in [2.05, 4.69) is 6.92 Å². The third-order valence-corrected chi connectivity index (χ3v) is 2.40. The molecule has 12 heavy (non-hydrogen) atoms. The number of hydrogen-bond acceptors (Lipinski definition) is 2. The molecule has 2 nitrogen and oxygen atoms in total. The minimum absolute atomic E-state index is 0.0162. The second-order valence-corrected chi connectivity index (χ2v) is 3.48. The summed E-state index contributed by atoms with van der Waals surface area (Å²) in [6.45, 7) is 7.40. The van der Waals surface area contributed by atoms with Gasteiger partial charge in [-0.1, -0.05) is 20.3 Å². The van der Waals surface area contributed by atoms with Crippen molar-refractivity contribution >= 4 is 11.5 Å². The third-order valence-electron chi connectivity index (χ3n) is 2.40. The summed E-state index contributed by atoms with van der Waals surface area (Å²) < 4.78 is 0. The molecule has 0 fully saturated rings. The van der Waals surface area contributed by atoms with Crippen LogP contribution in [0.2, 0.25) is 0 Å². The molecule has 0 aromatic heterocycles. The molecule has 2 atom stereocenters. The van der Waals surface area contributed by atoms with Crippen LogP contribution in [0.4, 0.5) is 0 Å². The van der Waals surface area contributed by atoms with E-state index in [4.69, 9.17) is 5.41 Å². The molecule has 70 valence electrons. The van der Waals surface area contributed by atoms with Crippen molar-refractivity contribution in [3.63, 3.8) is 0 Å². The van der Waals surface area contributed by atoms with Crippen LogP contribution >= 0.6 is 0 Å². The third kappa shape index (κ3) is 3.16. The molecule has 0 saturated heterocycles. The highest BCUT2D eigenvalue weighted by Gasteiger charge is 2.21. The highest BCUT2D eigenvalue weighted by molar-refractivity contribution is 5.88. The minimum atomic E-state index is 0.0162. The van der Waals surface area contributed by atoms with Crippen LogP contribution in [0.25, 0.3) is 0 Å². The van der Waals surface area contributed by atoms with Gasteiger partial charge in [-0.2, -0.15) is 0 Å². The molecule has 0 rings (SSSR count). The van der Waals surface area contributed by atoms with Gasteiger partial charge in [0.25, 0.3) is 0 Å². The van der Waals surface area contributed by atoms with E-state index in [0.29, 0.717) is 5.71 Å². The number of nitrogens with one attached hydrogen (secondary N) is 1. The predicted molar refractivity (Wildman–Crippen MR) is 51.6 cm³/mol. The molecule has 0 bridgehead atoms. The Labute approximate surface area is 74.9 Å². The Morgan fingerprint density at radius 2 is 1.92 bits per heavy atom. The fourth-order valence-electron chi connectivity index (χ4n) is 1.44. The fourth-order valence-corrected chi connectivity index (χ4v) is 1.44. The van der Waals surface area contributed by atoms with Gasteiger partial charge in [-0.25, -0.2) is 0 Å². The van der Waals surface area contributed by atoms with Crippen molar-refractivity contribution in [2.75, 3.05) is 0 Å². The van der Waals surface area contributed by atoms with E-state index >= 15 is 0 Å². The van der Waals surface area contributed by atoms with Crippen molar-refractivity contribution < 1.29 is 4.79 Å². The maximum absolute atomic E-state index is 11.1. The zero-order valence-corrected chi connectivity index (χ0v) is 8.48. The molecule has 0 aliphatic rings. The first-order valence-electron chi connectivity index (χ1n) is 4.56. The molecule has 0 aliphatic heterocycles. The molecule has 0 aliphatic carbocycles. The van der Waals surface area contributed by atoms with Gasteiger partial charge in [0.1, 0.15) is 5.78 Å². The van der Waals surface area contributed by atoms with Crippen molar-refractivity contribution in [1.29, 1.82) is 5.41 Å². The molecule has 0 spiro atoms. The lowest BCUT2D eigenvalue weighted by Crippen LogP contribution is -2.24. The SMILES string of the molecule is CCCC(C(C)=N)C(C)C(C)=O. The van der Waals surface area contributed by atoms with Crippen molar-refractivity contribution in [3.05, 3.63) is 0 Å². The van der Waals surface area contributed by atoms with Crippen LogP contribution in [-0.2, 0) is 4.79 Å². The van der Waals surface area contributed by atoms with Gasteiger partial charge in [-0.15, -0.1) is 0 Å². The maximum atomic E-state index is 11.1. The molecule has 2 heteroatoms. The first-order chi connectivity index (χ1) is 5.50. The van der Waals surface area contributed by atoms with Crippen LogP contribution < -0.4 is 0 Å². The quantitative estimate of drug-likeness (QED) is 0.631. The van der Waals surface area contributed by atoms with E-state index in [1.165, 1.54) is 0 Å². The van der Waals surface area contributed by atoms with Crippen LogP contribution in [0.5, 0.6) is 0 Å². The Morgan fingerprint density at radius 3 is 2.17 bits per heavy atom. The van der Waals surface area contributed by atoms with Gasteiger partial charge in [-0.05, 0) is 20.3 Å². The van der Waals surface area contributed by atoms with E-state index in [9.17, 15) is 4.79 Å². The average molecular weight is 169 g/mol. The van der Waals surface area contributed by atoms with E-state index in [1.54, 1.807) is 13.8 Å². The molecule has 0 aromatic carbocycles. The monoisotopic (exact) mass is 169 g/mol. The van der Waals surface area contributed by atoms with E-state index in [1.807, 2.05) is 6.92 Å². The summed E-state index contributed by atoms with van der Waals surface area (Å²) in [6.07, 6.45) is 1.99. The average Bonchev–Trinajstić information content (AvgIpc) is 1.98. The Bertz CT molecular complexity index is 175. The van der Waals surface area contributed by atoms with Gasteiger partial charge in [0.2, 0.25) is 0 Å². The Balaban J connectivity index is 4.28. The van der Waals surface area contributed by atoms with Crippen LogP contribution in [-0.4, -0.2) is 11.5 Å². The molecule has 2 unspecified atom stereocenters. The largest absolute Gasteiger partial charge is 0.310 e. The molecular weight excluding hydrogens is 150 g/mol. The molecule has 0 heterocycles. The summed E-state index contributed by atoms with van der Waals surface area (Å²) in [4.78, 5) is 11.1. The summed E-state index contributed by atoms with van der Waals surface area (Å²) in [7, 11) is 0. The fraction of sp³-hybridized carbons (Fsp3) is 0.800. The van der Waals surface area contributed by atoms with E-state index in [-0.39, 0.29) is 17.6 Å². The second-order valence-electron chi connectivity index (χ2n) is 3.48. The van der Waals surface area contributed by atoms with Gasteiger partial charge in [0, 0.05) is 17.5 Å². The second kappa shape index (κ2) is 5.07. The molecule has 0 radical (unpaired) electrons. The zero-order valence-electron chi connectivity index (χ0n) is 8.48. The summed E-state index contributed by atoms with van der Waals surface area (Å²) in [5, 5.41) is 7.53. The Kier molecular flexibility index (Phi) is 4.79. The predicted octanol–water partition coefficient (Wildman–Crippen LogP) is 2.67. The van der Waals surface area contributed by atoms with Crippen LogP contribution in [0.1, 0.15) is 40.5 Å². The molecule has 0 saturated carbocycles. The zero-order chi connectivity index (χ0) is 9.72. The van der Waals surface area contributed by atoms with Gasteiger partial charge < -0.3 is 5.41 Å². The number of carbonyl (C=O) groups excluding carboxylic acids is 1. The number of rotatable bonds is 5. The van der Waals surface area contributed by atoms with Gasteiger partial charge in [-0.3, -0.25) is 4.79 Å². The van der Waals surface area contributed by atoms with Crippen molar-refractivity contribution in [2.45, 2.75) is 40.5 Å². The van der Waals surface area contributed by atoms with Gasteiger partial charge in [0.15, 0.2) is 0 Å². The lowest BCUT2D eigenvalue weighted by atomic mass is 9.84. The first-order valence-corrected chi connectivity index (χ1v) is 4.56. The smallest absolute Gasteiger partial charge is 0.133 e. The highest BCUT2D eigenvalue weighted by Crippen LogP contribution is 2.19. The molecule has 1 N–H and O–H groups in total. The van der Waals surface area contributed by atoms with Crippen LogP contribution in [0.15, 0.2) is 0 Å². The number of ketones is 1. The van der Waals surface area contributed by atoms with Crippen molar-refractivity contribution in [1.82, 2.24) is 0 Å². The number of carbonyl (C=O) groups is 1. The number of Topliss-reactive ketones (excluding diaryl/α,β-unsaturated/α-hetero) is 1. The Morgan fingerprint density at radius 1 is 1.42 bits per heavy atom. The molecular formula is C10H19NO. The van der Waals surface area contributed by atoms with Crippen molar-refractivity contribution in [3.8, 4) is 0 Å². The summed E-state index contributed by atoms with van der Waals surface area (Å²) >= 11 is 0. The maximum Gasteiger partial charge on any atom is 0.133 e. The van der Waals surface area contributed by atoms with Crippen LogP contribution in [0, 0.1) is 17.2 Å². The highest BCUT2D eigenvalue weighted by atomic mass is 16.1. The Hall–Kier alpha value is -0.660. The van der Waals surface area contributed by atoms with Crippen LogP contribution in [0.3, 0.4) is 0 Å². The molecule has 0 amide bonds. The minimum Gasteiger partial charge on any atom is -0.310 e.